The summed E-state index contributed by atoms with van der Waals surface area (Å²) in [5.74, 6) is 0.558. The molecule has 1 aliphatic rings. The molecule has 1 aromatic heterocycles. The fourth-order valence-corrected chi connectivity index (χ4v) is 2.03. The van der Waals surface area contributed by atoms with E-state index in [-0.39, 0.29) is 0 Å². The van der Waals surface area contributed by atoms with Gasteiger partial charge in [0.15, 0.2) is 0 Å². The highest BCUT2D eigenvalue weighted by atomic mass is 15.3. The van der Waals surface area contributed by atoms with E-state index in [1.54, 1.807) is 0 Å². The summed E-state index contributed by atoms with van der Waals surface area (Å²) in [4.78, 5) is 0. The number of hydrogen-bond acceptors (Lipinski definition) is 1. The van der Waals surface area contributed by atoms with Crippen molar-refractivity contribution in [2.75, 3.05) is 0 Å². The summed E-state index contributed by atoms with van der Waals surface area (Å²) in [5, 5.41) is 4.61. The highest BCUT2D eigenvalue weighted by Crippen LogP contribution is 2.29. The van der Waals surface area contributed by atoms with Gasteiger partial charge in [-0.15, -0.1) is 0 Å². The quantitative estimate of drug-likeness (QED) is 0.680. The first-order chi connectivity index (χ1) is 6.27. The van der Waals surface area contributed by atoms with E-state index in [0.717, 1.165) is 0 Å². The second kappa shape index (κ2) is 3.52. The highest BCUT2D eigenvalue weighted by molar-refractivity contribution is 5.04. The minimum Gasteiger partial charge on any atom is -0.269 e. The molecule has 0 amide bonds. The Morgan fingerprint density at radius 3 is 2.62 bits per heavy atom. The van der Waals surface area contributed by atoms with Crippen LogP contribution >= 0.6 is 0 Å². The van der Waals surface area contributed by atoms with Gasteiger partial charge >= 0.3 is 0 Å². The van der Waals surface area contributed by atoms with Gasteiger partial charge in [0, 0.05) is 6.20 Å². The molecular weight excluding hydrogens is 160 g/mol. The van der Waals surface area contributed by atoms with Crippen molar-refractivity contribution in [2.45, 2.75) is 51.5 Å². The van der Waals surface area contributed by atoms with Crippen LogP contribution in [-0.4, -0.2) is 9.78 Å². The molecule has 1 saturated carbocycles. The van der Waals surface area contributed by atoms with Gasteiger partial charge in [-0.1, -0.05) is 26.7 Å². The van der Waals surface area contributed by atoms with Crippen LogP contribution in [0.2, 0.25) is 0 Å². The van der Waals surface area contributed by atoms with E-state index in [4.69, 9.17) is 0 Å². The molecule has 0 aliphatic heterocycles. The Morgan fingerprint density at radius 1 is 1.38 bits per heavy atom. The summed E-state index contributed by atoms with van der Waals surface area (Å²) in [6, 6.07) is 2.84. The number of rotatable bonds is 2. The monoisotopic (exact) mass is 178 g/mol. The summed E-state index contributed by atoms with van der Waals surface area (Å²) in [6.45, 7) is 4.39. The third-order valence-corrected chi connectivity index (χ3v) is 2.92. The van der Waals surface area contributed by atoms with Crippen LogP contribution in [0.1, 0.15) is 57.2 Å². The minimum atomic E-state index is 0.558. The Labute approximate surface area is 80.0 Å². The molecule has 2 nitrogen and oxygen atoms in total. The van der Waals surface area contributed by atoms with Crippen LogP contribution in [0.3, 0.4) is 0 Å². The molecule has 72 valence electrons. The van der Waals surface area contributed by atoms with Crippen LogP contribution in [0.15, 0.2) is 12.3 Å². The molecule has 0 aromatic carbocycles. The largest absolute Gasteiger partial charge is 0.269 e. The number of aromatic nitrogens is 2. The first kappa shape index (κ1) is 8.79. The van der Waals surface area contributed by atoms with Crippen molar-refractivity contribution in [1.29, 1.82) is 0 Å². The van der Waals surface area contributed by atoms with E-state index in [1.165, 1.54) is 31.4 Å². The van der Waals surface area contributed by atoms with Crippen molar-refractivity contribution in [3.8, 4) is 0 Å². The van der Waals surface area contributed by atoms with Gasteiger partial charge < -0.3 is 0 Å². The molecule has 2 heteroatoms. The van der Waals surface area contributed by atoms with Gasteiger partial charge in [-0.05, 0) is 24.8 Å². The fourth-order valence-electron chi connectivity index (χ4n) is 2.03. The normalized spacial score (nSPS) is 18.7. The predicted molar refractivity (Wildman–Crippen MR) is 53.8 cm³/mol. The Hall–Kier alpha value is -0.790. The third-order valence-electron chi connectivity index (χ3n) is 2.92. The molecule has 1 heterocycles. The lowest BCUT2D eigenvalue weighted by Gasteiger charge is -2.09. The average molecular weight is 178 g/mol. The van der Waals surface area contributed by atoms with Gasteiger partial charge in [0.1, 0.15) is 0 Å². The lowest BCUT2D eigenvalue weighted by atomic mass is 10.1. The molecule has 1 aromatic rings. The standard InChI is InChI=1S/C11H18N2/c1-9(2)11-7-8-13(12-11)10-5-3-4-6-10/h7-10H,3-6H2,1-2H3. The molecule has 0 spiro atoms. The van der Waals surface area contributed by atoms with Gasteiger partial charge in [-0.3, -0.25) is 4.68 Å². The van der Waals surface area contributed by atoms with Crippen LogP contribution in [0.25, 0.3) is 0 Å². The summed E-state index contributed by atoms with van der Waals surface area (Å²) < 4.78 is 2.17. The molecule has 1 fully saturated rings. The molecule has 0 atom stereocenters. The highest BCUT2D eigenvalue weighted by Gasteiger charge is 2.17. The molecule has 0 radical (unpaired) electrons. The molecule has 0 N–H and O–H groups in total. The third kappa shape index (κ3) is 1.77. The van der Waals surface area contributed by atoms with Gasteiger partial charge in [0.2, 0.25) is 0 Å². The maximum absolute atomic E-state index is 4.61. The lowest BCUT2D eigenvalue weighted by molar-refractivity contribution is 0.461. The van der Waals surface area contributed by atoms with E-state index in [9.17, 15) is 0 Å². The Kier molecular flexibility index (Phi) is 2.38. The Bertz CT molecular complexity index is 269. The van der Waals surface area contributed by atoms with Crippen LogP contribution in [0.4, 0.5) is 0 Å². The molecule has 0 unspecified atom stereocenters. The van der Waals surface area contributed by atoms with E-state index in [0.29, 0.717) is 12.0 Å². The average Bonchev–Trinajstić information content (AvgIpc) is 2.75. The first-order valence-electron chi connectivity index (χ1n) is 5.32. The van der Waals surface area contributed by atoms with Crippen molar-refractivity contribution in [3.05, 3.63) is 18.0 Å². The van der Waals surface area contributed by atoms with Gasteiger partial charge in [0.05, 0.1) is 11.7 Å². The number of nitrogens with zero attached hydrogens (tertiary/aromatic N) is 2. The van der Waals surface area contributed by atoms with Crippen LogP contribution < -0.4 is 0 Å². The lowest BCUT2D eigenvalue weighted by Crippen LogP contribution is -2.05. The fraction of sp³-hybridized carbons (Fsp3) is 0.727. The zero-order chi connectivity index (χ0) is 9.26. The summed E-state index contributed by atoms with van der Waals surface area (Å²) >= 11 is 0. The van der Waals surface area contributed by atoms with Crippen molar-refractivity contribution in [3.63, 3.8) is 0 Å². The summed E-state index contributed by atoms with van der Waals surface area (Å²) in [6.07, 6.45) is 7.53. The molecule has 1 aliphatic carbocycles. The predicted octanol–water partition coefficient (Wildman–Crippen LogP) is 3.12. The van der Waals surface area contributed by atoms with E-state index in [1.807, 2.05) is 0 Å². The summed E-state index contributed by atoms with van der Waals surface area (Å²) in [5.41, 5.74) is 1.23. The topological polar surface area (TPSA) is 17.8 Å². The van der Waals surface area contributed by atoms with Gasteiger partial charge in [0.25, 0.3) is 0 Å². The van der Waals surface area contributed by atoms with Crippen molar-refractivity contribution >= 4 is 0 Å². The van der Waals surface area contributed by atoms with Gasteiger partial charge in [-0.2, -0.15) is 5.10 Å². The molecule has 0 bridgehead atoms. The van der Waals surface area contributed by atoms with E-state index < -0.39 is 0 Å². The second-order valence-corrected chi connectivity index (χ2v) is 4.31. The van der Waals surface area contributed by atoms with Crippen molar-refractivity contribution < 1.29 is 0 Å². The van der Waals surface area contributed by atoms with Crippen molar-refractivity contribution in [2.24, 2.45) is 0 Å². The SMILES string of the molecule is CC(C)c1ccn(C2CCCC2)n1. The van der Waals surface area contributed by atoms with Crippen LogP contribution in [0, 0.1) is 0 Å². The zero-order valence-electron chi connectivity index (χ0n) is 8.53. The Balaban J connectivity index is 2.12. The van der Waals surface area contributed by atoms with E-state index >= 15 is 0 Å². The van der Waals surface area contributed by atoms with Crippen molar-refractivity contribution in [1.82, 2.24) is 9.78 Å². The molecular formula is C11H18N2. The number of hydrogen-bond donors (Lipinski definition) is 0. The minimum absolute atomic E-state index is 0.558. The maximum Gasteiger partial charge on any atom is 0.0650 e. The summed E-state index contributed by atoms with van der Waals surface area (Å²) in [7, 11) is 0. The second-order valence-electron chi connectivity index (χ2n) is 4.31. The molecule has 0 saturated heterocycles. The maximum atomic E-state index is 4.61. The van der Waals surface area contributed by atoms with Crippen LogP contribution in [0.5, 0.6) is 0 Å². The van der Waals surface area contributed by atoms with E-state index in [2.05, 4.69) is 35.9 Å². The first-order valence-corrected chi connectivity index (χ1v) is 5.32. The van der Waals surface area contributed by atoms with Crippen LogP contribution in [-0.2, 0) is 0 Å². The Morgan fingerprint density at radius 2 is 2.08 bits per heavy atom. The van der Waals surface area contributed by atoms with Gasteiger partial charge in [-0.25, -0.2) is 0 Å². The smallest absolute Gasteiger partial charge is 0.0650 e. The molecule has 13 heavy (non-hydrogen) atoms. The zero-order valence-corrected chi connectivity index (χ0v) is 8.53. The molecule has 2 rings (SSSR count).